The van der Waals surface area contributed by atoms with Gasteiger partial charge in [0.25, 0.3) is 0 Å². The lowest BCUT2D eigenvalue weighted by molar-refractivity contribution is 0.184. The van der Waals surface area contributed by atoms with Crippen LogP contribution in [0, 0.1) is 5.92 Å². The lowest BCUT2D eigenvalue weighted by Crippen LogP contribution is -2.41. The SMILES string of the molecule is OCC1CCN(c2ccc3nnc(-c4ccncc4)n3n2)CC1c1ccccc1. The molecule has 2 atom stereocenters. The first-order valence-electron chi connectivity index (χ1n) is 9.87. The second-order valence-electron chi connectivity index (χ2n) is 7.42. The van der Waals surface area contributed by atoms with Crippen LogP contribution in [-0.4, -0.2) is 49.6 Å². The fraction of sp³-hybridized carbons (Fsp3) is 0.273. The quantitative estimate of drug-likeness (QED) is 0.581. The van der Waals surface area contributed by atoms with Crippen LogP contribution in [0.2, 0.25) is 0 Å². The molecule has 5 rings (SSSR count). The maximum Gasteiger partial charge on any atom is 0.185 e. The summed E-state index contributed by atoms with van der Waals surface area (Å²) < 4.78 is 1.79. The van der Waals surface area contributed by atoms with Gasteiger partial charge in [0.2, 0.25) is 0 Å². The van der Waals surface area contributed by atoms with Crippen molar-refractivity contribution in [2.75, 3.05) is 24.6 Å². The Kier molecular flexibility index (Phi) is 4.65. The summed E-state index contributed by atoms with van der Waals surface area (Å²) in [5, 5.41) is 23.3. The van der Waals surface area contributed by atoms with E-state index >= 15 is 0 Å². The molecule has 0 bridgehead atoms. The van der Waals surface area contributed by atoms with Crippen molar-refractivity contribution in [3.63, 3.8) is 0 Å². The Morgan fingerprint density at radius 1 is 0.966 bits per heavy atom. The number of piperidine rings is 1. The van der Waals surface area contributed by atoms with Crippen molar-refractivity contribution in [2.45, 2.75) is 12.3 Å². The highest BCUT2D eigenvalue weighted by Gasteiger charge is 2.30. The molecule has 1 aliphatic rings. The molecular formula is C22H22N6O. The molecule has 1 aliphatic heterocycles. The summed E-state index contributed by atoms with van der Waals surface area (Å²) in [6, 6.07) is 18.2. The second-order valence-corrected chi connectivity index (χ2v) is 7.42. The smallest absolute Gasteiger partial charge is 0.185 e. The number of pyridine rings is 1. The fourth-order valence-corrected chi connectivity index (χ4v) is 4.13. The van der Waals surface area contributed by atoms with Crippen LogP contribution in [0.5, 0.6) is 0 Å². The van der Waals surface area contributed by atoms with Crippen molar-refractivity contribution in [3.8, 4) is 11.4 Å². The van der Waals surface area contributed by atoms with E-state index < -0.39 is 0 Å². The van der Waals surface area contributed by atoms with E-state index in [0.717, 1.165) is 30.9 Å². The normalized spacial score (nSPS) is 19.6. The second kappa shape index (κ2) is 7.60. The number of aliphatic hydroxyl groups is 1. The average molecular weight is 386 g/mol. The Hall–Kier alpha value is -3.32. The molecule has 7 nitrogen and oxygen atoms in total. The van der Waals surface area contributed by atoms with Crippen LogP contribution < -0.4 is 4.90 Å². The number of anilines is 1. The van der Waals surface area contributed by atoms with Gasteiger partial charge in [0.05, 0.1) is 0 Å². The molecule has 29 heavy (non-hydrogen) atoms. The van der Waals surface area contributed by atoms with Crippen LogP contribution >= 0.6 is 0 Å². The molecule has 0 radical (unpaired) electrons. The number of aliphatic hydroxyl groups excluding tert-OH is 1. The van der Waals surface area contributed by atoms with Gasteiger partial charge < -0.3 is 10.0 Å². The van der Waals surface area contributed by atoms with E-state index in [0.29, 0.717) is 11.5 Å². The Bertz CT molecular complexity index is 1100. The van der Waals surface area contributed by atoms with Crippen molar-refractivity contribution in [1.82, 2.24) is 24.8 Å². The highest BCUT2D eigenvalue weighted by molar-refractivity contribution is 5.59. The number of hydrogen-bond acceptors (Lipinski definition) is 6. The van der Waals surface area contributed by atoms with E-state index in [4.69, 9.17) is 5.10 Å². The van der Waals surface area contributed by atoms with Gasteiger partial charge in [-0.2, -0.15) is 4.52 Å². The first kappa shape index (κ1) is 17.8. The standard InChI is InChI=1S/C22H22N6O/c29-15-18-10-13-27(14-19(18)16-4-2-1-3-5-16)21-7-6-20-24-25-22(28(20)26-21)17-8-11-23-12-9-17/h1-9,11-12,18-19,29H,10,13-15H2. The van der Waals surface area contributed by atoms with Crippen LogP contribution in [0.1, 0.15) is 17.9 Å². The lowest BCUT2D eigenvalue weighted by atomic mass is 9.81. The van der Waals surface area contributed by atoms with Gasteiger partial charge in [0.1, 0.15) is 5.82 Å². The van der Waals surface area contributed by atoms with Crippen LogP contribution in [-0.2, 0) is 0 Å². The number of hydrogen-bond donors (Lipinski definition) is 1. The molecule has 1 saturated heterocycles. The van der Waals surface area contributed by atoms with Crippen LogP contribution in [0.15, 0.2) is 67.0 Å². The average Bonchev–Trinajstić information content (AvgIpc) is 3.23. The lowest BCUT2D eigenvalue weighted by Gasteiger charge is -2.38. The Labute approximate surface area is 168 Å². The third-order valence-corrected chi connectivity index (χ3v) is 5.73. The number of rotatable bonds is 4. The summed E-state index contributed by atoms with van der Waals surface area (Å²) in [6.45, 7) is 1.89. The minimum absolute atomic E-state index is 0.206. The fourth-order valence-electron chi connectivity index (χ4n) is 4.13. The van der Waals surface area contributed by atoms with Gasteiger partial charge in [-0.3, -0.25) is 4.98 Å². The number of aromatic nitrogens is 5. The number of fused-ring (bicyclic) bond motifs is 1. The van der Waals surface area contributed by atoms with Crippen molar-refractivity contribution in [2.24, 2.45) is 5.92 Å². The molecule has 0 aliphatic carbocycles. The van der Waals surface area contributed by atoms with Gasteiger partial charge in [-0.15, -0.1) is 15.3 Å². The molecule has 3 aromatic heterocycles. The number of benzene rings is 1. The third-order valence-electron chi connectivity index (χ3n) is 5.73. The number of nitrogens with zero attached hydrogens (tertiary/aromatic N) is 6. The Balaban J connectivity index is 1.49. The maximum absolute atomic E-state index is 9.90. The summed E-state index contributed by atoms with van der Waals surface area (Å²) in [4.78, 5) is 6.36. The van der Waals surface area contributed by atoms with Crippen LogP contribution in [0.4, 0.5) is 5.82 Å². The van der Waals surface area contributed by atoms with E-state index in [1.54, 1.807) is 16.9 Å². The Morgan fingerprint density at radius 2 is 1.79 bits per heavy atom. The van der Waals surface area contributed by atoms with Gasteiger partial charge in [-0.1, -0.05) is 30.3 Å². The first-order chi connectivity index (χ1) is 14.3. The van der Waals surface area contributed by atoms with Gasteiger partial charge >= 0.3 is 0 Å². The summed E-state index contributed by atoms with van der Waals surface area (Å²) in [6.07, 6.45) is 4.41. The molecule has 4 aromatic rings. The largest absolute Gasteiger partial charge is 0.396 e. The molecule has 0 amide bonds. The monoisotopic (exact) mass is 386 g/mol. The topological polar surface area (TPSA) is 79.4 Å². The van der Waals surface area contributed by atoms with Crippen molar-refractivity contribution in [3.05, 3.63) is 72.6 Å². The molecule has 146 valence electrons. The third kappa shape index (κ3) is 3.34. The molecule has 2 unspecified atom stereocenters. The molecule has 0 spiro atoms. The summed E-state index contributed by atoms with van der Waals surface area (Å²) in [5.74, 6) is 2.13. The predicted molar refractivity (Wildman–Crippen MR) is 111 cm³/mol. The van der Waals surface area contributed by atoms with Crippen LogP contribution in [0.25, 0.3) is 17.0 Å². The minimum Gasteiger partial charge on any atom is -0.396 e. The van der Waals surface area contributed by atoms with Gasteiger partial charge in [0, 0.05) is 43.6 Å². The Morgan fingerprint density at radius 3 is 2.59 bits per heavy atom. The molecule has 1 fully saturated rings. The van der Waals surface area contributed by atoms with Gasteiger partial charge in [-0.05, 0) is 42.2 Å². The summed E-state index contributed by atoms with van der Waals surface area (Å²) in [5.41, 5.74) is 2.91. The molecular weight excluding hydrogens is 364 g/mol. The minimum atomic E-state index is 0.206. The van der Waals surface area contributed by atoms with Crippen LogP contribution in [0.3, 0.4) is 0 Å². The molecule has 7 heteroatoms. The molecule has 1 aromatic carbocycles. The van der Waals surface area contributed by atoms with E-state index in [1.807, 2.05) is 30.3 Å². The molecule has 0 saturated carbocycles. The highest BCUT2D eigenvalue weighted by Crippen LogP contribution is 2.34. The molecule has 4 heterocycles. The van der Waals surface area contributed by atoms with Crippen molar-refractivity contribution >= 4 is 11.5 Å². The van der Waals surface area contributed by atoms with Gasteiger partial charge in [0.15, 0.2) is 11.5 Å². The zero-order chi connectivity index (χ0) is 19.6. The first-order valence-corrected chi connectivity index (χ1v) is 9.87. The summed E-state index contributed by atoms with van der Waals surface area (Å²) in [7, 11) is 0. The van der Waals surface area contributed by atoms with Crippen molar-refractivity contribution < 1.29 is 5.11 Å². The van der Waals surface area contributed by atoms with E-state index in [9.17, 15) is 5.11 Å². The summed E-state index contributed by atoms with van der Waals surface area (Å²) >= 11 is 0. The predicted octanol–water partition coefficient (Wildman–Crippen LogP) is 2.79. The van der Waals surface area contributed by atoms with Gasteiger partial charge in [-0.25, -0.2) is 0 Å². The van der Waals surface area contributed by atoms with Crippen molar-refractivity contribution in [1.29, 1.82) is 0 Å². The van der Waals surface area contributed by atoms with E-state index in [1.165, 1.54) is 5.56 Å². The molecule has 1 N–H and O–H groups in total. The zero-order valence-corrected chi connectivity index (χ0v) is 16.0. The van der Waals surface area contributed by atoms with E-state index in [-0.39, 0.29) is 18.4 Å². The van der Waals surface area contributed by atoms with E-state index in [2.05, 4.69) is 44.3 Å². The maximum atomic E-state index is 9.90. The zero-order valence-electron chi connectivity index (χ0n) is 16.0. The highest BCUT2D eigenvalue weighted by atomic mass is 16.3.